The van der Waals surface area contributed by atoms with Gasteiger partial charge in [-0.1, -0.05) is 0 Å². The van der Waals surface area contributed by atoms with Crippen LogP contribution < -0.4 is 5.32 Å². The molecule has 174 valence electrons. The monoisotopic (exact) mass is 474 g/mol. The minimum absolute atomic E-state index is 0.0552. The summed E-state index contributed by atoms with van der Waals surface area (Å²) in [6, 6.07) is 9.62. The molecule has 3 aromatic rings. The first kappa shape index (κ1) is 23.0. The average Bonchev–Trinajstić information content (AvgIpc) is 3.20. The lowest BCUT2D eigenvalue weighted by Gasteiger charge is -2.34. The van der Waals surface area contributed by atoms with Gasteiger partial charge < -0.3 is 10.1 Å². The molecule has 0 bridgehead atoms. The number of sulfonamides is 1. The van der Waals surface area contributed by atoms with Crippen LogP contribution in [0.5, 0.6) is 0 Å². The molecule has 10 nitrogen and oxygen atoms in total. The van der Waals surface area contributed by atoms with Crippen LogP contribution in [0, 0.1) is 12.7 Å². The highest BCUT2D eigenvalue weighted by atomic mass is 32.2. The molecule has 2 heterocycles. The second kappa shape index (κ2) is 8.96. The molecule has 1 N–H and O–H groups in total. The zero-order valence-corrected chi connectivity index (χ0v) is 19.1. The maximum Gasteiger partial charge on any atom is 0.255 e. The fraction of sp³-hybridized carbons (Fsp3) is 0.333. The van der Waals surface area contributed by atoms with E-state index in [1.165, 1.54) is 51.5 Å². The lowest BCUT2D eigenvalue weighted by Crippen LogP contribution is -2.48. The molecule has 2 unspecified atom stereocenters. The first-order chi connectivity index (χ1) is 15.6. The van der Waals surface area contributed by atoms with Gasteiger partial charge in [0.05, 0.1) is 28.5 Å². The number of halogens is 1. The van der Waals surface area contributed by atoms with Gasteiger partial charge in [-0.25, -0.2) is 12.8 Å². The molecule has 1 aliphatic heterocycles. The van der Waals surface area contributed by atoms with Gasteiger partial charge in [-0.05, 0) is 73.7 Å². The van der Waals surface area contributed by atoms with E-state index in [1.54, 1.807) is 6.92 Å². The van der Waals surface area contributed by atoms with E-state index in [0.29, 0.717) is 11.5 Å². The van der Waals surface area contributed by atoms with Crippen LogP contribution in [-0.4, -0.2) is 64.1 Å². The van der Waals surface area contributed by atoms with Gasteiger partial charge in [0.2, 0.25) is 10.0 Å². The van der Waals surface area contributed by atoms with E-state index in [0.717, 1.165) is 0 Å². The Morgan fingerprint density at radius 1 is 1.12 bits per heavy atom. The first-order valence-electron chi connectivity index (χ1n) is 10.3. The molecule has 12 heteroatoms. The third-order valence-corrected chi connectivity index (χ3v) is 7.05. The van der Waals surface area contributed by atoms with E-state index in [2.05, 4.69) is 20.8 Å². The lowest BCUT2D eigenvalue weighted by molar-refractivity contribution is -0.0440. The normalized spacial score (nSPS) is 19.4. The zero-order chi connectivity index (χ0) is 23.8. The number of carbonyl (C=O) groups excluding carboxylic acids is 1. The summed E-state index contributed by atoms with van der Waals surface area (Å²) in [6.07, 6.45) is -0.423. The number of carbonyl (C=O) groups is 1. The largest absolute Gasteiger partial charge is 0.373 e. The average molecular weight is 475 g/mol. The predicted octanol–water partition coefficient (Wildman–Crippen LogP) is 2.16. The first-order valence-corrected chi connectivity index (χ1v) is 11.7. The molecule has 1 aromatic heterocycles. The van der Waals surface area contributed by atoms with Gasteiger partial charge >= 0.3 is 0 Å². The number of aryl methyl sites for hydroxylation is 1. The Balaban J connectivity index is 1.52. The number of hydrogen-bond acceptors (Lipinski definition) is 7. The number of tetrazole rings is 1. The molecule has 0 radical (unpaired) electrons. The fourth-order valence-electron chi connectivity index (χ4n) is 3.66. The second-order valence-electron chi connectivity index (χ2n) is 7.86. The number of rotatable bonds is 5. The zero-order valence-electron chi connectivity index (χ0n) is 18.3. The Bertz CT molecular complexity index is 1270. The van der Waals surface area contributed by atoms with Crippen molar-refractivity contribution in [3.63, 3.8) is 0 Å². The molecule has 0 saturated carbocycles. The molecule has 1 aliphatic rings. The standard InChI is InChI=1S/C21H23FN6O4S/c1-13-11-27(12-14(2)32-13)33(30,31)18-7-4-16(5-8-18)21(29)23-20-10-17(6-9-19(20)22)28-15(3)24-25-26-28/h4-10,13-14H,11-12H2,1-3H3,(H,23,29). The highest BCUT2D eigenvalue weighted by Crippen LogP contribution is 2.23. The smallest absolute Gasteiger partial charge is 0.255 e. The number of anilines is 1. The summed E-state index contributed by atoms with van der Waals surface area (Å²) < 4.78 is 48.6. The van der Waals surface area contributed by atoms with Crippen molar-refractivity contribution >= 4 is 21.6 Å². The quantitative estimate of drug-likeness (QED) is 0.602. The molecule has 0 aliphatic carbocycles. The second-order valence-corrected chi connectivity index (χ2v) is 9.80. The Morgan fingerprint density at radius 3 is 2.39 bits per heavy atom. The van der Waals surface area contributed by atoms with E-state index in [9.17, 15) is 17.6 Å². The lowest BCUT2D eigenvalue weighted by atomic mass is 10.2. The van der Waals surface area contributed by atoms with Gasteiger partial charge in [-0.3, -0.25) is 4.79 Å². The molecule has 0 spiro atoms. The summed E-state index contributed by atoms with van der Waals surface area (Å²) in [5.74, 6) is -0.718. The van der Waals surface area contributed by atoms with Crippen molar-refractivity contribution in [2.75, 3.05) is 18.4 Å². The maximum atomic E-state index is 14.3. The van der Waals surface area contributed by atoms with Gasteiger partial charge in [0.1, 0.15) is 5.82 Å². The van der Waals surface area contributed by atoms with E-state index >= 15 is 0 Å². The third kappa shape index (κ3) is 4.77. The van der Waals surface area contributed by atoms with Crippen molar-refractivity contribution in [1.82, 2.24) is 24.5 Å². The molecule has 1 saturated heterocycles. The summed E-state index contributed by atoms with van der Waals surface area (Å²) in [7, 11) is -3.73. The van der Waals surface area contributed by atoms with Crippen LogP contribution in [0.4, 0.5) is 10.1 Å². The van der Waals surface area contributed by atoms with E-state index in [1.807, 2.05) is 13.8 Å². The summed E-state index contributed by atoms with van der Waals surface area (Å²) in [5, 5.41) is 13.7. The van der Waals surface area contributed by atoms with Gasteiger partial charge in [0.25, 0.3) is 5.91 Å². The number of nitrogens with one attached hydrogen (secondary N) is 1. The van der Waals surface area contributed by atoms with Crippen molar-refractivity contribution < 1.29 is 22.3 Å². The summed E-state index contributed by atoms with van der Waals surface area (Å²) >= 11 is 0. The molecule has 33 heavy (non-hydrogen) atoms. The van der Waals surface area contributed by atoms with Crippen molar-refractivity contribution in [2.45, 2.75) is 37.9 Å². The van der Waals surface area contributed by atoms with E-state index in [4.69, 9.17) is 4.74 Å². The molecular formula is C21H23FN6O4S. The van der Waals surface area contributed by atoms with Crippen LogP contribution in [0.25, 0.3) is 5.69 Å². The topological polar surface area (TPSA) is 119 Å². The minimum atomic E-state index is -3.73. The number of nitrogens with zero attached hydrogens (tertiary/aromatic N) is 5. The van der Waals surface area contributed by atoms with Gasteiger partial charge in [0, 0.05) is 18.7 Å². The predicted molar refractivity (Wildman–Crippen MR) is 117 cm³/mol. The Hall–Kier alpha value is -3.22. The molecule has 1 fully saturated rings. The SMILES string of the molecule is Cc1nnnn1-c1ccc(F)c(NC(=O)c2ccc(S(=O)(=O)N3CC(C)OC(C)C3)cc2)c1. The molecule has 1 amide bonds. The van der Waals surface area contributed by atoms with Gasteiger partial charge in [0.15, 0.2) is 5.82 Å². The number of hydrogen-bond donors (Lipinski definition) is 1. The Labute approximate surface area is 190 Å². The summed E-state index contributed by atoms with van der Waals surface area (Å²) in [6.45, 7) is 5.84. The number of benzene rings is 2. The van der Waals surface area contributed by atoms with Crippen molar-refractivity contribution in [2.24, 2.45) is 0 Å². The number of morpholine rings is 1. The van der Waals surface area contributed by atoms with Crippen molar-refractivity contribution in [1.29, 1.82) is 0 Å². The van der Waals surface area contributed by atoms with Gasteiger partial charge in [-0.2, -0.15) is 8.99 Å². The van der Waals surface area contributed by atoms with E-state index < -0.39 is 21.7 Å². The van der Waals surface area contributed by atoms with Crippen LogP contribution in [-0.2, 0) is 14.8 Å². The third-order valence-electron chi connectivity index (χ3n) is 5.21. The van der Waals surface area contributed by atoms with Crippen LogP contribution in [0.3, 0.4) is 0 Å². The van der Waals surface area contributed by atoms with Crippen molar-refractivity contribution in [3.8, 4) is 5.69 Å². The molecular weight excluding hydrogens is 451 g/mol. The van der Waals surface area contributed by atoms with Crippen LogP contribution >= 0.6 is 0 Å². The van der Waals surface area contributed by atoms with Crippen LogP contribution in [0.2, 0.25) is 0 Å². The van der Waals surface area contributed by atoms with Crippen LogP contribution in [0.15, 0.2) is 47.4 Å². The number of amides is 1. The number of ether oxygens (including phenoxy) is 1. The minimum Gasteiger partial charge on any atom is -0.373 e. The molecule has 2 aromatic carbocycles. The number of aromatic nitrogens is 4. The van der Waals surface area contributed by atoms with Gasteiger partial charge in [-0.15, -0.1) is 5.10 Å². The fourth-order valence-corrected chi connectivity index (χ4v) is 5.25. The molecule has 4 rings (SSSR count). The van der Waals surface area contributed by atoms with Crippen LogP contribution in [0.1, 0.15) is 30.0 Å². The highest BCUT2D eigenvalue weighted by molar-refractivity contribution is 7.89. The van der Waals surface area contributed by atoms with E-state index in [-0.39, 0.29) is 41.4 Å². The summed E-state index contributed by atoms with van der Waals surface area (Å²) in [5.41, 5.74) is 0.603. The summed E-state index contributed by atoms with van der Waals surface area (Å²) in [4.78, 5) is 12.8. The molecule has 2 atom stereocenters. The van der Waals surface area contributed by atoms with Crippen molar-refractivity contribution in [3.05, 3.63) is 59.7 Å². The maximum absolute atomic E-state index is 14.3. The Kier molecular flexibility index (Phi) is 6.23. The highest BCUT2D eigenvalue weighted by Gasteiger charge is 2.32. The Morgan fingerprint density at radius 2 is 1.79 bits per heavy atom.